The number of carbonyl (C=O) groups excluding carboxylic acids is 1. The van der Waals surface area contributed by atoms with E-state index in [0.717, 1.165) is 43.7 Å². The van der Waals surface area contributed by atoms with Crippen molar-refractivity contribution < 1.29 is 4.79 Å². The highest BCUT2D eigenvalue weighted by molar-refractivity contribution is 5.97. The molecule has 1 atom stereocenters. The van der Waals surface area contributed by atoms with Gasteiger partial charge in [-0.15, -0.1) is 5.10 Å². The van der Waals surface area contributed by atoms with Gasteiger partial charge in [0.15, 0.2) is 0 Å². The van der Waals surface area contributed by atoms with Crippen LogP contribution < -0.4 is 0 Å². The van der Waals surface area contributed by atoms with Crippen LogP contribution in [-0.2, 0) is 6.54 Å². The van der Waals surface area contributed by atoms with E-state index in [1.807, 2.05) is 69.1 Å². The highest BCUT2D eigenvalue weighted by atomic mass is 16.2. The largest absolute Gasteiger partial charge is 0.338 e. The van der Waals surface area contributed by atoms with Crippen molar-refractivity contribution in [3.63, 3.8) is 0 Å². The number of likely N-dealkylation sites (tertiary alicyclic amines) is 1. The first-order chi connectivity index (χ1) is 12.3. The fourth-order valence-electron chi connectivity index (χ4n) is 3.54. The van der Waals surface area contributed by atoms with Crippen molar-refractivity contribution in [3.8, 4) is 5.69 Å². The summed E-state index contributed by atoms with van der Waals surface area (Å²) < 4.78 is 3.84. The minimum atomic E-state index is 0.104. The maximum atomic E-state index is 13.1. The molecule has 1 saturated heterocycles. The van der Waals surface area contributed by atoms with Crippen LogP contribution in [0.15, 0.2) is 61.2 Å². The van der Waals surface area contributed by atoms with E-state index in [4.69, 9.17) is 0 Å². The van der Waals surface area contributed by atoms with Gasteiger partial charge in [0.1, 0.15) is 0 Å². The number of rotatable bonds is 4. The molecule has 1 amide bonds. The van der Waals surface area contributed by atoms with E-state index in [0.29, 0.717) is 5.92 Å². The van der Waals surface area contributed by atoms with Gasteiger partial charge in [0.25, 0.3) is 5.91 Å². The topological polar surface area (TPSA) is 56.0 Å². The smallest absolute Gasteiger partial charge is 0.255 e. The van der Waals surface area contributed by atoms with E-state index in [1.54, 1.807) is 6.20 Å². The molecule has 0 N–H and O–H groups in total. The molecule has 6 heteroatoms. The number of benzene rings is 1. The number of amides is 1. The SMILES string of the molecule is O=C(c1ccccc1-n1cccc1)N1CCCC(Cn2ccnn2)C1. The number of para-hydroxylation sites is 1. The Morgan fingerprint density at radius 2 is 1.96 bits per heavy atom. The van der Waals surface area contributed by atoms with Crippen molar-refractivity contribution in [2.24, 2.45) is 5.92 Å². The highest BCUT2D eigenvalue weighted by Crippen LogP contribution is 2.22. The van der Waals surface area contributed by atoms with Gasteiger partial charge < -0.3 is 9.47 Å². The summed E-state index contributed by atoms with van der Waals surface area (Å²) in [5.41, 5.74) is 1.68. The Morgan fingerprint density at radius 1 is 1.12 bits per heavy atom. The standard InChI is InChI=1S/C19H21N5O/c25-19(17-7-1-2-8-18(17)22-10-3-4-11-22)23-12-5-6-16(14-23)15-24-13-9-20-21-24/h1-4,7-11,13,16H,5-6,12,14-15H2. The van der Waals surface area contributed by atoms with Crippen LogP contribution in [0.25, 0.3) is 5.69 Å². The second-order valence-corrected chi connectivity index (χ2v) is 6.49. The third-order valence-electron chi connectivity index (χ3n) is 4.74. The van der Waals surface area contributed by atoms with Crippen LogP contribution >= 0.6 is 0 Å². The Labute approximate surface area is 146 Å². The van der Waals surface area contributed by atoms with Crippen LogP contribution in [0.3, 0.4) is 0 Å². The number of piperidine rings is 1. The molecule has 1 unspecified atom stereocenters. The molecule has 128 valence electrons. The normalized spacial score (nSPS) is 17.6. The summed E-state index contributed by atoms with van der Waals surface area (Å²) in [6.07, 6.45) is 9.65. The van der Waals surface area contributed by atoms with E-state index < -0.39 is 0 Å². The van der Waals surface area contributed by atoms with Gasteiger partial charge in [0.05, 0.1) is 17.4 Å². The van der Waals surface area contributed by atoms with Gasteiger partial charge >= 0.3 is 0 Å². The Bertz CT molecular complexity index is 825. The van der Waals surface area contributed by atoms with Crippen molar-refractivity contribution in [1.82, 2.24) is 24.5 Å². The van der Waals surface area contributed by atoms with Gasteiger partial charge in [0, 0.05) is 38.2 Å². The summed E-state index contributed by atoms with van der Waals surface area (Å²) in [6.45, 7) is 2.38. The average molecular weight is 335 g/mol. The molecule has 2 aromatic heterocycles. The second kappa shape index (κ2) is 6.93. The molecule has 3 aromatic rings. The quantitative estimate of drug-likeness (QED) is 0.736. The van der Waals surface area contributed by atoms with E-state index in [-0.39, 0.29) is 5.91 Å². The summed E-state index contributed by atoms with van der Waals surface area (Å²) in [5, 5.41) is 7.91. The van der Waals surface area contributed by atoms with Crippen LogP contribution in [0.4, 0.5) is 0 Å². The fraction of sp³-hybridized carbons (Fsp3) is 0.316. The molecular formula is C19H21N5O. The van der Waals surface area contributed by atoms with Gasteiger partial charge in [-0.2, -0.15) is 0 Å². The predicted octanol–water partition coefficient (Wildman–Crippen LogP) is 2.62. The summed E-state index contributed by atoms with van der Waals surface area (Å²) in [7, 11) is 0. The van der Waals surface area contributed by atoms with Crippen molar-refractivity contribution in [3.05, 3.63) is 66.7 Å². The number of carbonyl (C=O) groups is 1. The molecule has 1 aliphatic rings. The van der Waals surface area contributed by atoms with Crippen LogP contribution in [-0.4, -0.2) is 43.5 Å². The number of hydrogen-bond donors (Lipinski definition) is 0. The Hall–Kier alpha value is -2.89. The molecule has 3 heterocycles. The van der Waals surface area contributed by atoms with Crippen molar-refractivity contribution in [2.45, 2.75) is 19.4 Å². The zero-order valence-electron chi connectivity index (χ0n) is 14.0. The molecule has 0 aliphatic carbocycles. The first kappa shape index (κ1) is 15.6. The molecule has 1 aliphatic heterocycles. The molecule has 0 bridgehead atoms. The van der Waals surface area contributed by atoms with E-state index in [9.17, 15) is 4.79 Å². The van der Waals surface area contributed by atoms with E-state index >= 15 is 0 Å². The van der Waals surface area contributed by atoms with Crippen molar-refractivity contribution in [1.29, 1.82) is 0 Å². The molecule has 25 heavy (non-hydrogen) atoms. The number of aromatic nitrogens is 4. The second-order valence-electron chi connectivity index (χ2n) is 6.49. The molecule has 1 aromatic carbocycles. The molecule has 1 fully saturated rings. The first-order valence-electron chi connectivity index (χ1n) is 8.67. The lowest BCUT2D eigenvalue weighted by molar-refractivity contribution is 0.0659. The van der Waals surface area contributed by atoms with Crippen LogP contribution in [0.5, 0.6) is 0 Å². The van der Waals surface area contributed by atoms with Crippen LogP contribution in [0.1, 0.15) is 23.2 Å². The summed E-state index contributed by atoms with van der Waals surface area (Å²) in [4.78, 5) is 15.1. The summed E-state index contributed by atoms with van der Waals surface area (Å²) in [6, 6.07) is 11.7. The highest BCUT2D eigenvalue weighted by Gasteiger charge is 2.26. The zero-order chi connectivity index (χ0) is 17.1. The number of nitrogens with zero attached hydrogens (tertiary/aromatic N) is 5. The lowest BCUT2D eigenvalue weighted by Gasteiger charge is -2.33. The van der Waals surface area contributed by atoms with E-state index in [1.165, 1.54) is 0 Å². The van der Waals surface area contributed by atoms with E-state index in [2.05, 4.69) is 10.3 Å². The molecule has 0 radical (unpaired) electrons. The molecular weight excluding hydrogens is 314 g/mol. The molecule has 0 saturated carbocycles. The van der Waals surface area contributed by atoms with Crippen LogP contribution in [0.2, 0.25) is 0 Å². The zero-order valence-corrected chi connectivity index (χ0v) is 14.0. The summed E-state index contributed by atoms with van der Waals surface area (Å²) in [5.74, 6) is 0.519. The molecule has 4 rings (SSSR count). The predicted molar refractivity (Wildman–Crippen MR) is 94.4 cm³/mol. The molecule has 6 nitrogen and oxygen atoms in total. The Morgan fingerprint density at radius 3 is 2.76 bits per heavy atom. The minimum Gasteiger partial charge on any atom is -0.338 e. The Balaban J connectivity index is 1.53. The maximum Gasteiger partial charge on any atom is 0.255 e. The van der Waals surface area contributed by atoms with Gasteiger partial charge in [-0.25, -0.2) is 0 Å². The average Bonchev–Trinajstić information content (AvgIpc) is 3.35. The van der Waals surface area contributed by atoms with Crippen molar-refractivity contribution >= 4 is 5.91 Å². The lowest BCUT2D eigenvalue weighted by Crippen LogP contribution is -2.41. The summed E-state index contributed by atoms with van der Waals surface area (Å²) >= 11 is 0. The third kappa shape index (κ3) is 3.33. The van der Waals surface area contributed by atoms with Crippen LogP contribution in [0, 0.1) is 5.92 Å². The maximum absolute atomic E-state index is 13.1. The van der Waals surface area contributed by atoms with Crippen molar-refractivity contribution in [2.75, 3.05) is 13.1 Å². The van der Waals surface area contributed by atoms with Gasteiger partial charge in [-0.05, 0) is 43.0 Å². The van der Waals surface area contributed by atoms with Gasteiger partial charge in [-0.1, -0.05) is 17.3 Å². The van der Waals surface area contributed by atoms with Gasteiger partial charge in [-0.3, -0.25) is 9.48 Å². The molecule has 0 spiro atoms. The Kier molecular flexibility index (Phi) is 4.33. The van der Waals surface area contributed by atoms with Gasteiger partial charge in [0.2, 0.25) is 0 Å². The number of hydrogen-bond acceptors (Lipinski definition) is 3. The fourth-order valence-corrected chi connectivity index (χ4v) is 3.54. The monoisotopic (exact) mass is 335 g/mol. The minimum absolute atomic E-state index is 0.104. The lowest BCUT2D eigenvalue weighted by atomic mass is 9.97. The first-order valence-corrected chi connectivity index (χ1v) is 8.67. The third-order valence-corrected chi connectivity index (χ3v) is 4.74.